The van der Waals surface area contributed by atoms with E-state index < -0.39 is 0 Å². The van der Waals surface area contributed by atoms with Crippen molar-refractivity contribution in [1.82, 2.24) is 9.97 Å². The highest BCUT2D eigenvalue weighted by Crippen LogP contribution is 2.13. The average Bonchev–Trinajstić information content (AvgIpc) is 2.16. The van der Waals surface area contributed by atoms with Crippen molar-refractivity contribution in [2.24, 2.45) is 11.8 Å². The molecule has 0 aromatic carbocycles. The fourth-order valence-corrected chi connectivity index (χ4v) is 1.73. The molecule has 15 heavy (non-hydrogen) atoms. The average molecular weight is 226 g/mol. The van der Waals surface area contributed by atoms with Crippen LogP contribution in [0.25, 0.3) is 0 Å². The minimum atomic E-state index is 0.590. The summed E-state index contributed by atoms with van der Waals surface area (Å²) in [4.78, 5) is 8.76. The molecule has 0 aliphatic rings. The molecule has 0 amide bonds. The van der Waals surface area contributed by atoms with Crippen LogP contribution in [0.2, 0.25) is 0 Å². The van der Waals surface area contributed by atoms with E-state index in [1.807, 2.05) is 12.3 Å². The van der Waals surface area contributed by atoms with E-state index >= 15 is 0 Å². The monoisotopic (exact) mass is 226 g/mol. The molecule has 1 aromatic heterocycles. The number of hydrogen-bond acceptors (Lipinski definition) is 5. The number of hydrogen-bond donors (Lipinski definition) is 2. The van der Waals surface area contributed by atoms with Gasteiger partial charge in [0, 0.05) is 11.8 Å². The van der Waals surface area contributed by atoms with Gasteiger partial charge in [-0.3, -0.25) is 0 Å². The highest BCUT2D eigenvalue weighted by atomic mass is 32.2. The summed E-state index contributed by atoms with van der Waals surface area (Å²) in [5.74, 6) is 8.32. The maximum Gasteiger partial charge on any atom is 0.143 e. The van der Waals surface area contributed by atoms with Crippen molar-refractivity contribution in [3.05, 3.63) is 17.6 Å². The van der Waals surface area contributed by atoms with Crippen LogP contribution in [0.1, 0.15) is 25.4 Å². The van der Waals surface area contributed by atoms with Crippen LogP contribution < -0.4 is 11.3 Å². The van der Waals surface area contributed by atoms with Gasteiger partial charge in [0.15, 0.2) is 0 Å². The third-order valence-electron chi connectivity index (χ3n) is 1.86. The van der Waals surface area contributed by atoms with Crippen LogP contribution in [0, 0.1) is 5.92 Å². The van der Waals surface area contributed by atoms with E-state index in [0.29, 0.717) is 11.7 Å². The Morgan fingerprint density at radius 2 is 2.20 bits per heavy atom. The lowest BCUT2D eigenvalue weighted by atomic mass is 10.1. The lowest BCUT2D eigenvalue weighted by Gasteiger charge is -2.08. The van der Waals surface area contributed by atoms with E-state index in [1.54, 1.807) is 11.8 Å². The number of nitrogen functional groups attached to an aromatic ring is 1. The van der Waals surface area contributed by atoms with Crippen molar-refractivity contribution in [2.45, 2.75) is 26.0 Å². The standard InChI is InChI=1S/C10H18N4S/c1-7(2)4-8-5-9(14-11)13-10(12-8)6-15-3/h5,7H,4,6,11H2,1-3H3,(H,12,13,14). The first-order valence-corrected chi connectivity index (χ1v) is 6.37. The molecule has 0 saturated heterocycles. The van der Waals surface area contributed by atoms with Crippen molar-refractivity contribution in [3.63, 3.8) is 0 Å². The Balaban J connectivity index is 2.89. The number of rotatable bonds is 5. The van der Waals surface area contributed by atoms with E-state index in [-0.39, 0.29) is 0 Å². The first-order chi connectivity index (χ1) is 7.15. The molecular formula is C10H18N4S. The highest BCUT2D eigenvalue weighted by molar-refractivity contribution is 7.97. The number of hydrazine groups is 1. The van der Waals surface area contributed by atoms with E-state index in [9.17, 15) is 0 Å². The molecular weight excluding hydrogens is 208 g/mol. The second kappa shape index (κ2) is 5.92. The van der Waals surface area contributed by atoms with E-state index in [1.165, 1.54) is 0 Å². The van der Waals surface area contributed by atoms with Crippen LogP contribution in [0.4, 0.5) is 5.82 Å². The normalized spacial score (nSPS) is 10.7. The molecule has 0 unspecified atom stereocenters. The SMILES string of the molecule is CSCc1nc(CC(C)C)cc(NN)n1. The van der Waals surface area contributed by atoms with Gasteiger partial charge in [0.2, 0.25) is 0 Å². The fourth-order valence-electron chi connectivity index (χ4n) is 1.34. The first-order valence-electron chi connectivity index (χ1n) is 4.98. The molecule has 0 atom stereocenters. The molecule has 1 aromatic rings. The molecule has 0 bridgehead atoms. The molecule has 0 fully saturated rings. The van der Waals surface area contributed by atoms with Crippen molar-refractivity contribution in [3.8, 4) is 0 Å². The summed E-state index contributed by atoms with van der Waals surface area (Å²) >= 11 is 1.71. The van der Waals surface area contributed by atoms with Crippen LogP contribution in [-0.2, 0) is 12.2 Å². The van der Waals surface area contributed by atoms with E-state index in [0.717, 1.165) is 23.7 Å². The maximum absolute atomic E-state index is 5.37. The Morgan fingerprint density at radius 3 is 2.73 bits per heavy atom. The summed E-state index contributed by atoms with van der Waals surface area (Å²) < 4.78 is 0. The molecule has 1 heterocycles. The second-order valence-electron chi connectivity index (χ2n) is 3.84. The predicted octanol–water partition coefficient (Wildman–Crippen LogP) is 1.82. The van der Waals surface area contributed by atoms with Gasteiger partial charge in [-0.15, -0.1) is 0 Å². The van der Waals surface area contributed by atoms with Crippen molar-refractivity contribution < 1.29 is 0 Å². The first kappa shape index (κ1) is 12.3. The maximum atomic E-state index is 5.37. The van der Waals surface area contributed by atoms with Crippen LogP contribution in [0.15, 0.2) is 6.07 Å². The summed E-state index contributed by atoms with van der Waals surface area (Å²) in [6.07, 6.45) is 2.99. The molecule has 0 saturated carbocycles. The molecule has 0 radical (unpaired) electrons. The van der Waals surface area contributed by atoms with Gasteiger partial charge in [0.1, 0.15) is 11.6 Å². The van der Waals surface area contributed by atoms with E-state index in [4.69, 9.17) is 5.84 Å². The number of thioether (sulfide) groups is 1. The Morgan fingerprint density at radius 1 is 1.47 bits per heavy atom. The molecule has 0 aliphatic heterocycles. The Bertz CT molecular complexity index is 314. The number of nitrogens with one attached hydrogen (secondary N) is 1. The Kier molecular flexibility index (Phi) is 4.84. The smallest absolute Gasteiger partial charge is 0.143 e. The highest BCUT2D eigenvalue weighted by Gasteiger charge is 2.05. The molecule has 5 heteroatoms. The van der Waals surface area contributed by atoms with Crippen molar-refractivity contribution in [1.29, 1.82) is 0 Å². The zero-order valence-corrected chi connectivity index (χ0v) is 10.3. The number of nitrogens with two attached hydrogens (primary N) is 1. The zero-order valence-electron chi connectivity index (χ0n) is 9.45. The Labute approximate surface area is 95.0 Å². The fraction of sp³-hybridized carbons (Fsp3) is 0.600. The van der Waals surface area contributed by atoms with Crippen LogP contribution in [-0.4, -0.2) is 16.2 Å². The van der Waals surface area contributed by atoms with Gasteiger partial charge < -0.3 is 5.43 Å². The lowest BCUT2D eigenvalue weighted by molar-refractivity contribution is 0.632. The van der Waals surface area contributed by atoms with Gasteiger partial charge in [0.05, 0.1) is 5.75 Å². The molecule has 0 aliphatic carbocycles. The topological polar surface area (TPSA) is 63.8 Å². The molecule has 3 N–H and O–H groups in total. The molecule has 1 rings (SSSR count). The lowest BCUT2D eigenvalue weighted by Crippen LogP contribution is -2.12. The van der Waals surface area contributed by atoms with Crippen molar-refractivity contribution in [2.75, 3.05) is 11.7 Å². The van der Waals surface area contributed by atoms with E-state index in [2.05, 4.69) is 29.2 Å². The summed E-state index contributed by atoms with van der Waals surface area (Å²) in [6.45, 7) is 4.35. The van der Waals surface area contributed by atoms with Gasteiger partial charge >= 0.3 is 0 Å². The van der Waals surface area contributed by atoms with Gasteiger partial charge in [-0.25, -0.2) is 15.8 Å². The van der Waals surface area contributed by atoms with Gasteiger partial charge in [-0.2, -0.15) is 11.8 Å². The zero-order chi connectivity index (χ0) is 11.3. The summed E-state index contributed by atoms with van der Waals surface area (Å²) in [7, 11) is 0. The van der Waals surface area contributed by atoms with Gasteiger partial charge in [-0.1, -0.05) is 13.8 Å². The minimum absolute atomic E-state index is 0.590. The van der Waals surface area contributed by atoms with Gasteiger partial charge in [0.25, 0.3) is 0 Å². The second-order valence-corrected chi connectivity index (χ2v) is 4.70. The van der Waals surface area contributed by atoms with Crippen LogP contribution >= 0.6 is 11.8 Å². The number of anilines is 1. The van der Waals surface area contributed by atoms with Crippen molar-refractivity contribution >= 4 is 17.6 Å². The third-order valence-corrected chi connectivity index (χ3v) is 2.41. The van der Waals surface area contributed by atoms with Crippen LogP contribution in [0.5, 0.6) is 0 Å². The van der Waals surface area contributed by atoms with Gasteiger partial charge in [-0.05, 0) is 18.6 Å². The van der Waals surface area contributed by atoms with Crippen LogP contribution in [0.3, 0.4) is 0 Å². The minimum Gasteiger partial charge on any atom is -0.308 e. The molecule has 84 valence electrons. The Hall–Kier alpha value is -0.810. The largest absolute Gasteiger partial charge is 0.308 e. The predicted molar refractivity (Wildman–Crippen MR) is 65.6 cm³/mol. The quantitative estimate of drug-likeness (QED) is 0.592. The molecule has 0 spiro atoms. The summed E-state index contributed by atoms with van der Waals surface area (Å²) in [5.41, 5.74) is 3.63. The third kappa shape index (κ3) is 4.05. The number of nitrogens with zero attached hydrogens (tertiary/aromatic N) is 2. The summed E-state index contributed by atoms with van der Waals surface area (Å²) in [6, 6.07) is 1.91. The summed E-state index contributed by atoms with van der Waals surface area (Å²) in [5, 5.41) is 0. The number of aromatic nitrogens is 2. The molecule has 4 nitrogen and oxygen atoms in total.